The summed E-state index contributed by atoms with van der Waals surface area (Å²) in [5, 5.41) is 37.1. The molecule has 0 aliphatic carbocycles. The summed E-state index contributed by atoms with van der Waals surface area (Å²) in [6.07, 6.45) is 0.325. The number of carbonyl (C=O) groups excluding carboxylic acids is 3. The van der Waals surface area contributed by atoms with Crippen LogP contribution in [0, 0.1) is 0 Å². The number of benzene rings is 3. The SMILES string of the molecule is CCOc1cc(/C=N\NC(=O)[C@H](Cc2ccc(O)cc2)NC(=O)[C@H](CO)NC(=O)OCc2ccccc2)cc(Br)c1OCC(=O)O. The van der Waals surface area contributed by atoms with E-state index in [0.717, 1.165) is 5.56 Å². The van der Waals surface area contributed by atoms with E-state index in [1.807, 2.05) is 6.07 Å². The summed E-state index contributed by atoms with van der Waals surface area (Å²) in [4.78, 5) is 49.5. The highest BCUT2D eigenvalue weighted by molar-refractivity contribution is 9.10. The number of rotatable bonds is 16. The third-order valence-electron chi connectivity index (χ3n) is 6.07. The number of alkyl carbamates (subject to hydrolysis) is 1. The smallest absolute Gasteiger partial charge is 0.408 e. The molecule has 3 aromatic carbocycles. The zero-order chi connectivity index (χ0) is 33.5. The first-order valence-corrected chi connectivity index (χ1v) is 14.7. The number of phenols is 1. The highest BCUT2D eigenvalue weighted by Gasteiger charge is 2.27. The highest BCUT2D eigenvalue weighted by Crippen LogP contribution is 2.36. The lowest BCUT2D eigenvalue weighted by Gasteiger charge is -2.21. The normalized spacial score (nSPS) is 12.1. The van der Waals surface area contributed by atoms with Crippen LogP contribution in [0.3, 0.4) is 0 Å². The summed E-state index contributed by atoms with van der Waals surface area (Å²) < 4.78 is 16.4. The Bertz CT molecular complexity index is 1520. The van der Waals surface area contributed by atoms with Gasteiger partial charge in [0.25, 0.3) is 5.91 Å². The van der Waals surface area contributed by atoms with Gasteiger partial charge in [-0.1, -0.05) is 42.5 Å². The van der Waals surface area contributed by atoms with E-state index in [9.17, 15) is 29.4 Å². The number of halogens is 1. The molecule has 3 aromatic rings. The zero-order valence-electron chi connectivity index (χ0n) is 24.6. The molecule has 15 heteroatoms. The minimum Gasteiger partial charge on any atom is -0.508 e. The standard InChI is InChI=1S/C31H33BrN4O10/c1-2-44-26-14-21(12-23(32)28(26)45-18-27(39)40)15-33-36-30(42)24(13-19-8-10-22(38)11-9-19)34-29(41)25(16-37)35-31(43)46-17-20-6-4-3-5-7-20/h3-12,14-15,24-25,37-38H,2,13,16-18H2,1H3,(H,34,41)(H,35,43)(H,36,42)(H,39,40)/b33-15-/t24-,25-/m0/s1. The van der Waals surface area contributed by atoms with Crippen LogP contribution in [0.4, 0.5) is 4.79 Å². The van der Waals surface area contributed by atoms with Crippen molar-refractivity contribution in [2.75, 3.05) is 19.8 Å². The molecule has 0 spiro atoms. The van der Waals surface area contributed by atoms with Gasteiger partial charge in [0.1, 0.15) is 24.4 Å². The molecule has 0 heterocycles. The van der Waals surface area contributed by atoms with Gasteiger partial charge in [0.2, 0.25) is 5.91 Å². The van der Waals surface area contributed by atoms with E-state index in [0.29, 0.717) is 15.6 Å². The largest absolute Gasteiger partial charge is 0.508 e. The quantitative estimate of drug-likeness (QED) is 0.0951. The van der Waals surface area contributed by atoms with Crippen LogP contribution in [0.15, 0.2) is 76.3 Å². The van der Waals surface area contributed by atoms with Gasteiger partial charge in [-0.15, -0.1) is 0 Å². The molecule has 0 saturated carbocycles. The van der Waals surface area contributed by atoms with Crippen molar-refractivity contribution >= 4 is 46.0 Å². The molecule has 3 rings (SSSR count). The number of nitrogens with one attached hydrogen (secondary N) is 3. The van der Waals surface area contributed by atoms with Gasteiger partial charge in [-0.25, -0.2) is 15.0 Å². The van der Waals surface area contributed by atoms with Crippen LogP contribution < -0.4 is 25.5 Å². The van der Waals surface area contributed by atoms with Crippen molar-refractivity contribution in [3.63, 3.8) is 0 Å². The van der Waals surface area contributed by atoms with Gasteiger partial charge in [-0.3, -0.25) is 9.59 Å². The van der Waals surface area contributed by atoms with Crippen molar-refractivity contribution in [3.8, 4) is 17.2 Å². The average Bonchev–Trinajstić information content (AvgIpc) is 3.03. The molecule has 0 bridgehead atoms. The molecule has 0 aromatic heterocycles. The van der Waals surface area contributed by atoms with Gasteiger partial charge < -0.3 is 40.2 Å². The Hall–Kier alpha value is -5.15. The van der Waals surface area contributed by atoms with Crippen LogP contribution in [0.25, 0.3) is 0 Å². The molecule has 3 amide bonds. The minimum absolute atomic E-state index is 0.00825. The molecule has 244 valence electrons. The number of carboxylic acids is 1. The number of aliphatic hydroxyl groups is 1. The van der Waals surface area contributed by atoms with Crippen LogP contribution in [-0.2, 0) is 32.1 Å². The first-order valence-electron chi connectivity index (χ1n) is 13.9. The predicted molar refractivity (Wildman–Crippen MR) is 169 cm³/mol. The zero-order valence-corrected chi connectivity index (χ0v) is 26.2. The molecular formula is C31H33BrN4O10. The Labute approximate surface area is 272 Å². The molecular weight excluding hydrogens is 668 g/mol. The lowest BCUT2D eigenvalue weighted by atomic mass is 10.0. The number of hydrogen-bond donors (Lipinski definition) is 6. The van der Waals surface area contributed by atoms with Crippen molar-refractivity contribution in [3.05, 3.63) is 87.9 Å². The lowest BCUT2D eigenvalue weighted by Crippen LogP contribution is -2.55. The number of carboxylic acid groups (broad SMARTS) is 1. The molecule has 0 unspecified atom stereocenters. The van der Waals surface area contributed by atoms with E-state index < -0.39 is 49.2 Å². The maximum Gasteiger partial charge on any atom is 0.408 e. The van der Waals surface area contributed by atoms with E-state index in [-0.39, 0.29) is 36.9 Å². The molecule has 0 aliphatic heterocycles. The van der Waals surface area contributed by atoms with Crippen molar-refractivity contribution < 1.29 is 48.7 Å². The van der Waals surface area contributed by atoms with Gasteiger partial charge in [0.05, 0.1) is 23.9 Å². The van der Waals surface area contributed by atoms with Crippen LogP contribution in [-0.4, -0.2) is 77.3 Å². The van der Waals surface area contributed by atoms with E-state index in [1.165, 1.54) is 24.4 Å². The molecule has 0 saturated heterocycles. The van der Waals surface area contributed by atoms with Crippen LogP contribution in [0.1, 0.15) is 23.6 Å². The monoisotopic (exact) mass is 700 g/mol. The minimum atomic E-state index is -1.43. The number of phenolic OH excluding ortho intramolecular Hbond substituents is 1. The fourth-order valence-electron chi connectivity index (χ4n) is 3.90. The molecule has 14 nitrogen and oxygen atoms in total. The number of hydrogen-bond acceptors (Lipinski definition) is 10. The number of aromatic hydroxyl groups is 1. The van der Waals surface area contributed by atoms with Gasteiger partial charge in [0.15, 0.2) is 18.1 Å². The van der Waals surface area contributed by atoms with Crippen molar-refractivity contribution in [2.45, 2.75) is 32.0 Å². The first kappa shape index (κ1) is 35.3. The predicted octanol–water partition coefficient (Wildman–Crippen LogP) is 2.48. The number of hydrazone groups is 1. The van der Waals surface area contributed by atoms with Gasteiger partial charge >= 0.3 is 12.1 Å². The number of nitrogens with zero attached hydrogens (tertiary/aromatic N) is 1. The summed E-state index contributed by atoms with van der Waals surface area (Å²) >= 11 is 3.32. The van der Waals surface area contributed by atoms with E-state index in [4.69, 9.17) is 19.3 Å². The number of aliphatic hydroxyl groups excluding tert-OH is 1. The van der Waals surface area contributed by atoms with E-state index in [1.54, 1.807) is 49.4 Å². The second-order valence-electron chi connectivity index (χ2n) is 9.55. The van der Waals surface area contributed by atoms with Crippen molar-refractivity contribution in [1.82, 2.24) is 16.1 Å². The fourth-order valence-corrected chi connectivity index (χ4v) is 4.47. The van der Waals surface area contributed by atoms with Crippen molar-refractivity contribution in [2.24, 2.45) is 5.10 Å². The summed E-state index contributed by atoms with van der Waals surface area (Å²) in [6.45, 7) is 0.583. The number of amides is 3. The number of ether oxygens (including phenoxy) is 3. The van der Waals surface area contributed by atoms with Crippen LogP contribution >= 0.6 is 15.9 Å². The maximum atomic E-state index is 13.2. The third kappa shape index (κ3) is 11.4. The third-order valence-corrected chi connectivity index (χ3v) is 6.66. The summed E-state index contributed by atoms with van der Waals surface area (Å²) in [6, 6.07) is 15.3. The Morgan fingerprint density at radius 1 is 0.935 bits per heavy atom. The lowest BCUT2D eigenvalue weighted by molar-refractivity contribution is -0.139. The number of aliphatic carboxylic acids is 1. The Kier molecular flexibility index (Phi) is 13.8. The summed E-state index contributed by atoms with van der Waals surface area (Å²) in [5.74, 6) is -2.32. The van der Waals surface area contributed by atoms with E-state index in [2.05, 4.69) is 37.1 Å². The Balaban J connectivity index is 1.71. The van der Waals surface area contributed by atoms with Crippen molar-refractivity contribution in [1.29, 1.82) is 0 Å². The van der Waals surface area contributed by atoms with Crippen LogP contribution in [0.5, 0.6) is 17.2 Å². The second kappa shape index (κ2) is 18.0. The fraction of sp³-hybridized carbons (Fsp3) is 0.258. The number of carbonyl (C=O) groups is 4. The van der Waals surface area contributed by atoms with Gasteiger partial charge in [0, 0.05) is 6.42 Å². The highest BCUT2D eigenvalue weighted by atomic mass is 79.9. The second-order valence-corrected chi connectivity index (χ2v) is 10.4. The average molecular weight is 702 g/mol. The van der Waals surface area contributed by atoms with Crippen LogP contribution in [0.2, 0.25) is 0 Å². The first-order chi connectivity index (χ1) is 22.1. The summed E-state index contributed by atoms with van der Waals surface area (Å²) in [7, 11) is 0. The van der Waals surface area contributed by atoms with Gasteiger partial charge in [-0.2, -0.15) is 5.10 Å². The molecule has 0 radical (unpaired) electrons. The Morgan fingerprint density at radius 3 is 2.30 bits per heavy atom. The summed E-state index contributed by atoms with van der Waals surface area (Å²) in [5.41, 5.74) is 4.12. The topological polar surface area (TPSA) is 205 Å². The Morgan fingerprint density at radius 2 is 1.65 bits per heavy atom. The molecule has 46 heavy (non-hydrogen) atoms. The molecule has 6 N–H and O–H groups in total. The molecule has 0 fully saturated rings. The maximum absolute atomic E-state index is 13.2. The molecule has 0 aliphatic rings. The van der Waals surface area contributed by atoms with E-state index >= 15 is 0 Å². The van der Waals surface area contributed by atoms with Gasteiger partial charge in [-0.05, 0) is 63.8 Å². The molecule has 2 atom stereocenters.